The topological polar surface area (TPSA) is 27.7 Å². The van der Waals surface area contributed by atoms with E-state index >= 15 is 0 Å². The van der Waals surface area contributed by atoms with Crippen molar-refractivity contribution in [3.05, 3.63) is 126 Å². The Hall–Kier alpha value is -3.56. The fraction of sp³-hybridized carbons (Fsp3) is 0.538. The zero-order valence-corrected chi connectivity index (χ0v) is 36.9. The summed E-state index contributed by atoms with van der Waals surface area (Å²) in [5, 5.41) is 0. The smallest absolute Gasteiger partial charge is 0.125 e. The Bertz CT molecular complexity index is 1790. The summed E-state index contributed by atoms with van der Waals surface area (Å²) in [5.41, 5.74) is 19.7. The van der Waals surface area contributed by atoms with Gasteiger partial charge in [-0.05, 0) is 151 Å². The fourth-order valence-corrected chi connectivity index (χ4v) is 8.70. The van der Waals surface area contributed by atoms with Crippen LogP contribution in [0, 0.1) is 0 Å². The normalized spacial score (nSPS) is 15.1. The Kier molecular flexibility index (Phi) is 11.5. The van der Waals surface area contributed by atoms with Crippen molar-refractivity contribution in [1.29, 1.82) is 0 Å². The summed E-state index contributed by atoms with van der Waals surface area (Å²) in [5.74, 6) is 2.16. The molecule has 0 aromatic heterocycles. The molecular formula is C52H70O3. The summed E-state index contributed by atoms with van der Waals surface area (Å²) in [4.78, 5) is 0. The first-order valence-corrected chi connectivity index (χ1v) is 21.0. The number of hydrogen-bond donors (Lipinski definition) is 0. The molecule has 296 valence electrons. The number of fused-ring (bicyclic) bond motifs is 8. The van der Waals surface area contributed by atoms with Crippen LogP contribution in [0.4, 0.5) is 0 Å². The molecule has 0 amide bonds. The Morgan fingerprint density at radius 2 is 0.545 bits per heavy atom. The van der Waals surface area contributed by atoms with Crippen LogP contribution < -0.4 is 9.47 Å². The molecule has 2 aliphatic rings. The molecule has 3 nitrogen and oxygen atoms in total. The van der Waals surface area contributed by atoms with Crippen molar-refractivity contribution in [2.75, 3.05) is 14.2 Å². The molecule has 0 saturated carbocycles. The van der Waals surface area contributed by atoms with Crippen LogP contribution in [0.3, 0.4) is 0 Å². The first kappa shape index (κ1) is 41.1. The van der Waals surface area contributed by atoms with Crippen molar-refractivity contribution in [2.45, 2.75) is 169 Å². The van der Waals surface area contributed by atoms with Crippen LogP contribution in [-0.2, 0) is 91.0 Å². The molecule has 0 aliphatic heterocycles. The second-order valence-electron chi connectivity index (χ2n) is 20.7. The molecule has 0 spiro atoms. The highest BCUT2D eigenvalue weighted by atomic mass is 16.5. The van der Waals surface area contributed by atoms with Crippen LogP contribution in [0.1, 0.15) is 161 Å². The summed E-state index contributed by atoms with van der Waals surface area (Å²) < 4.78 is 19.2. The van der Waals surface area contributed by atoms with E-state index in [9.17, 15) is 0 Å². The maximum atomic E-state index is 6.98. The van der Waals surface area contributed by atoms with Gasteiger partial charge in [0.25, 0.3) is 0 Å². The lowest BCUT2D eigenvalue weighted by Crippen LogP contribution is -2.18. The van der Waals surface area contributed by atoms with Gasteiger partial charge in [-0.3, -0.25) is 0 Å². The second kappa shape index (κ2) is 15.4. The van der Waals surface area contributed by atoms with Crippen LogP contribution in [0.15, 0.2) is 48.5 Å². The van der Waals surface area contributed by atoms with Crippen molar-refractivity contribution >= 4 is 0 Å². The first-order chi connectivity index (χ1) is 25.7. The van der Waals surface area contributed by atoms with Crippen molar-refractivity contribution in [2.24, 2.45) is 0 Å². The predicted molar refractivity (Wildman–Crippen MR) is 232 cm³/mol. The Labute approximate surface area is 334 Å². The summed E-state index contributed by atoms with van der Waals surface area (Å²) in [6.07, 6.45) is 7.65. The molecule has 0 atom stereocenters. The first-order valence-electron chi connectivity index (χ1n) is 21.0. The summed E-state index contributed by atoms with van der Waals surface area (Å²) in [6.45, 7) is 29.2. The molecule has 0 unspecified atom stereocenters. The molecule has 6 rings (SSSR count). The summed E-state index contributed by atoms with van der Waals surface area (Å²) in [6, 6.07) is 19.6. The highest BCUT2D eigenvalue weighted by Gasteiger charge is 2.27. The van der Waals surface area contributed by atoms with Crippen molar-refractivity contribution in [3.8, 4) is 11.5 Å². The molecule has 0 fully saturated rings. The quantitative estimate of drug-likeness (QED) is 0.197. The van der Waals surface area contributed by atoms with Gasteiger partial charge in [-0.15, -0.1) is 0 Å². The van der Waals surface area contributed by atoms with E-state index in [1.54, 1.807) is 0 Å². The second-order valence-corrected chi connectivity index (χ2v) is 20.7. The third-order valence-electron chi connectivity index (χ3n) is 12.4. The number of benzene rings is 4. The number of aryl methyl sites for hydroxylation is 8. The lowest BCUT2D eigenvalue weighted by atomic mass is 9.79. The van der Waals surface area contributed by atoms with Gasteiger partial charge in [0.05, 0.1) is 27.4 Å². The van der Waals surface area contributed by atoms with Crippen LogP contribution in [0.25, 0.3) is 0 Å². The highest BCUT2D eigenvalue weighted by Crippen LogP contribution is 2.39. The third kappa shape index (κ3) is 9.04. The lowest BCUT2D eigenvalue weighted by Gasteiger charge is -2.28. The third-order valence-corrected chi connectivity index (χ3v) is 12.4. The van der Waals surface area contributed by atoms with E-state index in [-0.39, 0.29) is 21.7 Å². The minimum absolute atomic E-state index is 0.0662. The number of hydrogen-bond acceptors (Lipinski definition) is 3. The van der Waals surface area contributed by atoms with Gasteiger partial charge >= 0.3 is 0 Å². The number of rotatable bonds is 6. The van der Waals surface area contributed by atoms with Gasteiger partial charge in [-0.25, -0.2) is 0 Å². The van der Waals surface area contributed by atoms with Crippen LogP contribution >= 0.6 is 0 Å². The number of methoxy groups -OCH3 is 2. The SMILES string of the molecule is COc1c2cc(C(C)(C)C)cc1CCc1cc(C(C)(C)C)cc(c1COCc1c3cc(C(C)(C)C)cc1CCc1cc(C(C)(C)C)cc(c1OC)CC3)CC2. The molecule has 0 N–H and O–H groups in total. The van der Waals surface area contributed by atoms with Crippen molar-refractivity contribution < 1.29 is 14.2 Å². The minimum Gasteiger partial charge on any atom is -0.496 e. The maximum Gasteiger partial charge on any atom is 0.125 e. The summed E-state index contributed by atoms with van der Waals surface area (Å²) >= 11 is 0. The molecule has 3 heteroatoms. The van der Waals surface area contributed by atoms with Gasteiger partial charge in [0.15, 0.2) is 0 Å². The lowest BCUT2D eigenvalue weighted by molar-refractivity contribution is 0.105. The zero-order valence-electron chi connectivity index (χ0n) is 36.9. The minimum atomic E-state index is 0.0662. The van der Waals surface area contributed by atoms with Crippen LogP contribution in [0.2, 0.25) is 0 Å². The molecule has 55 heavy (non-hydrogen) atoms. The van der Waals surface area contributed by atoms with Gasteiger partial charge in [0, 0.05) is 0 Å². The standard InChI is InChI=1S/C52H70O3/c1-49(2,3)41-23-33-15-19-37-27-43(51(7,8)9)28-38(47(37)53-13)20-16-34(24-41)45(33)31-55-32-46-35-17-21-39-29-44(52(10,11)12)30-40(48(39)54-14)22-18-36(46)26-42(25-35)50(4,5)6/h23-30H,15-22,31-32H2,1-14H3. The molecule has 2 aliphatic carbocycles. The van der Waals surface area contributed by atoms with E-state index < -0.39 is 0 Å². The Morgan fingerprint density at radius 1 is 0.345 bits per heavy atom. The van der Waals surface area contributed by atoms with Crippen molar-refractivity contribution in [1.82, 2.24) is 0 Å². The highest BCUT2D eigenvalue weighted by molar-refractivity contribution is 5.52. The molecule has 4 aromatic carbocycles. The van der Waals surface area contributed by atoms with E-state index in [0.717, 1.165) is 62.9 Å². The molecule has 4 aromatic rings. The van der Waals surface area contributed by atoms with Gasteiger partial charge in [-0.2, -0.15) is 0 Å². The number of ether oxygens (including phenoxy) is 3. The monoisotopic (exact) mass is 743 g/mol. The average Bonchev–Trinajstić information content (AvgIpc) is 3.08. The van der Waals surface area contributed by atoms with Gasteiger partial charge in [0.2, 0.25) is 0 Å². The largest absolute Gasteiger partial charge is 0.496 e. The summed E-state index contributed by atoms with van der Waals surface area (Å²) in [7, 11) is 3.69. The van der Waals surface area contributed by atoms with Gasteiger partial charge in [-0.1, -0.05) is 132 Å². The average molecular weight is 743 g/mol. The van der Waals surface area contributed by atoms with E-state index in [4.69, 9.17) is 14.2 Å². The van der Waals surface area contributed by atoms with E-state index in [1.807, 2.05) is 14.2 Å². The molecule has 8 bridgehead atoms. The van der Waals surface area contributed by atoms with Crippen LogP contribution in [-0.4, -0.2) is 14.2 Å². The van der Waals surface area contributed by atoms with Crippen molar-refractivity contribution in [3.63, 3.8) is 0 Å². The van der Waals surface area contributed by atoms with E-state index in [0.29, 0.717) is 13.2 Å². The molecule has 0 heterocycles. The van der Waals surface area contributed by atoms with Crippen LogP contribution in [0.5, 0.6) is 11.5 Å². The molecule has 0 saturated heterocycles. The van der Waals surface area contributed by atoms with E-state index in [1.165, 1.54) is 77.9 Å². The zero-order chi connectivity index (χ0) is 40.1. The van der Waals surface area contributed by atoms with Gasteiger partial charge in [0.1, 0.15) is 11.5 Å². The molecular weight excluding hydrogens is 673 g/mol. The van der Waals surface area contributed by atoms with Gasteiger partial charge < -0.3 is 14.2 Å². The van der Waals surface area contributed by atoms with E-state index in [2.05, 4.69) is 132 Å². The predicted octanol–water partition coefficient (Wildman–Crippen LogP) is 12.4. The Balaban J connectivity index is 1.36. The maximum absolute atomic E-state index is 6.98. The molecule has 0 radical (unpaired) electrons. The Morgan fingerprint density at radius 3 is 0.745 bits per heavy atom. The fourth-order valence-electron chi connectivity index (χ4n) is 8.70.